The number of carbonyl (C=O) groups is 1. The molecule has 1 heterocycles. The van der Waals surface area contributed by atoms with Crippen molar-refractivity contribution in [1.29, 1.82) is 0 Å². The summed E-state index contributed by atoms with van der Waals surface area (Å²) in [5, 5.41) is 8.73. The third kappa shape index (κ3) is 3.71. The molecule has 0 fully saturated rings. The third-order valence-corrected chi connectivity index (χ3v) is 3.77. The first-order valence-corrected chi connectivity index (χ1v) is 7.66. The second-order valence-corrected chi connectivity index (χ2v) is 5.50. The van der Waals surface area contributed by atoms with Crippen molar-refractivity contribution < 1.29 is 4.79 Å². The Labute approximate surface area is 127 Å². The molecule has 1 aromatic carbocycles. The Balaban J connectivity index is 2.14. The smallest absolute Gasteiger partial charge is 0.224 e. The predicted octanol–water partition coefficient (Wildman–Crippen LogP) is 4.32. The Hall–Kier alpha value is -1.59. The van der Waals surface area contributed by atoms with Crippen LogP contribution < -0.4 is 10.6 Å². The fraction of sp³-hybridized carbons (Fsp3) is 0.286. The van der Waals surface area contributed by atoms with Gasteiger partial charge in [-0.3, -0.25) is 4.79 Å². The van der Waals surface area contributed by atoms with Crippen LogP contribution in [0, 0.1) is 0 Å². The highest BCUT2D eigenvalue weighted by Crippen LogP contribution is 2.29. The minimum atomic E-state index is -0.0224. The summed E-state index contributed by atoms with van der Waals surface area (Å²) < 4.78 is 0. The number of benzene rings is 1. The number of nitrogens with one attached hydrogen (secondary N) is 2. The Morgan fingerprint density at radius 3 is 2.95 bits per heavy atom. The van der Waals surface area contributed by atoms with E-state index >= 15 is 0 Å². The lowest BCUT2D eigenvalue weighted by Crippen LogP contribution is -2.11. The van der Waals surface area contributed by atoms with E-state index in [1.165, 1.54) is 0 Å². The highest BCUT2D eigenvalue weighted by atomic mass is 35.5. The largest absolute Gasteiger partial charge is 0.376 e. The molecule has 0 bridgehead atoms. The average molecular weight is 310 g/mol. The summed E-state index contributed by atoms with van der Waals surface area (Å²) in [4.78, 5) is 15.7. The molecule has 106 valence electrons. The Morgan fingerprint density at radius 2 is 2.30 bits per heavy atom. The maximum Gasteiger partial charge on any atom is 0.224 e. The van der Waals surface area contributed by atoms with Crippen molar-refractivity contribution in [3.63, 3.8) is 0 Å². The van der Waals surface area contributed by atoms with E-state index in [1.807, 2.05) is 25.3 Å². The first kappa shape index (κ1) is 14.8. The molecule has 0 radical (unpaired) electrons. The standard InChI is InChI=1S/C14H16ClN3OS/c1-3-14(19)18-10-4-5-11(15)12(6-10)17-9(2)13-7-20-8-16-13/h4-9,17H,3H2,1-2H3,(H,18,19). The average Bonchev–Trinajstić information content (AvgIpc) is 2.96. The number of aromatic nitrogens is 1. The normalized spacial score (nSPS) is 11.9. The van der Waals surface area contributed by atoms with Gasteiger partial charge in [-0.25, -0.2) is 4.98 Å². The van der Waals surface area contributed by atoms with E-state index in [4.69, 9.17) is 11.6 Å². The molecule has 1 atom stereocenters. The molecule has 1 aromatic heterocycles. The molecule has 0 saturated carbocycles. The van der Waals surface area contributed by atoms with E-state index in [2.05, 4.69) is 15.6 Å². The quantitative estimate of drug-likeness (QED) is 0.865. The molecule has 0 aliphatic carbocycles. The van der Waals surface area contributed by atoms with Crippen molar-refractivity contribution in [2.45, 2.75) is 26.3 Å². The molecule has 2 rings (SSSR count). The van der Waals surface area contributed by atoms with Crippen LogP contribution in [-0.4, -0.2) is 10.9 Å². The number of thiazole rings is 1. The first-order chi connectivity index (χ1) is 9.60. The van der Waals surface area contributed by atoms with Gasteiger partial charge in [-0.05, 0) is 25.1 Å². The zero-order chi connectivity index (χ0) is 14.5. The minimum absolute atomic E-state index is 0.0224. The van der Waals surface area contributed by atoms with Crippen molar-refractivity contribution >= 4 is 40.2 Å². The van der Waals surface area contributed by atoms with Crippen LogP contribution >= 0.6 is 22.9 Å². The third-order valence-electron chi connectivity index (χ3n) is 2.84. The van der Waals surface area contributed by atoms with Gasteiger partial charge in [0.2, 0.25) is 5.91 Å². The van der Waals surface area contributed by atoms with Crippen LogP contribution in [0.15, 0.2) is 29.1 Å². The Kier molecular flexibility index (Phi) is 4.98. The van der Waals surface area contributed by atoms with Crippen LogP contribution in [0.1, 0.15) is 32.0 Å². The molecule has 1 unspecified atom stereocenters. The molecule has 0 spiro atoms. The number of nitrogens with zero attached hydrogens (tertiary/aromatic N) is 1. The van der Waals surface area contributed by atoms with E-state index in [9.17, 15) is 4.79 Å². The predicted molar refractivity (Wildman–Crippen MR) is 84.5 cm³/mol. The lowest BCUT2D eigenvalue weighted by molar-refractivity contribution is -0.115. The summed E-state index contributed by atoms with van der Waals surface area (Å²) in [6.07, 6.45) is 0.445. The summed E-state index contributed by atoms with van der Waals surface area (Å²) in [6.45, 7) is 3.83. The molecule has 2 N–H and O–H groups in total. The van der Waals surface area contributed by atoms with Crippen molar-refractivity contribution in [1.82, 2.24) is 4.98 Å². The summed E-state index contributed by atoms with van der Waals surface area (Å²) in [5.41, 5.74) is 4.27. The van der Waals surface area contributed by atoms with Crippen LogP contribution in [0.25, 0.3) is 0 Å². The molecular formula is C14H16ClN3OS. The molecule has 4 nitrogen and oxygen atoms in total. The van der Waals surface area contributed by atoms with Gasteiger partial charge in [-0.1, -0.05) is 18.5 Å². The van der Waals surface area contributed by atoms with Gasteiger partial charge in [-0.2, -0.15) is 0 Å². The molecule has 0 aliphatic heterocycles. The van der Waals surface area contributed by atoms with Gasteiger partial charge in [0.1, 0.15) is 0 Å². The highest BCUT2D eigenvalue weighted by molar-refractivity contribution is 7.07. The van der Waals surface area contributed by atoms with Gasteiger partial charge in [0.15, 0.2) is 0 Å². The number of anilines is 2. The summed E-state index contributed by atoms with van der Waals surface area (Å²) in [7, 11) is 0. The molecular weight excluding hydrogens is 294 g/mol. The zero-order valence-corrected chi connectivity index (χ0v) is 12.9. The van der Waals surface area contributed by atoms with Crippen LogP contribution in [0.2, 0.25) is 5.02 Å². The number of amides is 1. The fourth-order valence-corrected chi connectivity index (χ4v) is 2.53. The Morgan fingerprint density at radius 1 is 1.50 bits per heavy atom. The minimum Gasteiger partial charge on any atom is -0.376 e. The van der Waals surface area contributed by atoms with Gasteiger partial charge < -0.3 is 10.6 Å². The maximum atomic E-state index is 11.4. The van der Waals surface area contributed by atoms with Crippen LogP contribution in [0.4, 0.5) is 11.4 Å². The van der Waals surface area contributed by atoms with Gasteiger partial charge >= 0.3 is 0 Å². The highest BCUT2D eigenvalue weighted by Gasteiger charge is 2.10. The molecule has 6 heteroatoms. The first-order valence-electron chi connectivity index (χ1n) is 6.34. The molecule has 2 aromatic rings. The summed E-state index contributed by atoms with van der Waals surface area (Å²) in [5.74, 6) is -0.0224. The van der Waals surface area contributed by atoms with Crippen molar-refractivity contribution in [2.24, 2.45) is 0 Å². The van der Waals surface area contributed by atoms with E-state index in [-0.39, 0.29) is 11.9 Å². The monoisotopic (exact) mass is 309 g/mol. The number of carbonyl (C=O) groups excluding carboxylic acids is 1. The van der Waals surface area contributed by atoms with E-state index in [0.717, 1.165) is 17.1 Å². The number of rotatable bonds is 5. The molecule has 1 amide bonds. The van der Waals surface area contributed by atoms with Crippen molar-refractivity contribution in [2.75, 3.05) is 10.6 Å². The molecule has 20 heavy (non-hydrogen) atoms. The SMILES string of the molecule is CCC(=O)Nc1ccc(Cl)c(NC(C)c2cscn2)c1. The van der Waals surface area contributed by atoms with E-state index < -0.39 is 0 Å². The molecule has 0 aliphatic rings. The van der Waals surface area contributed by atoms with Crippen molar-refractivity contribution in [3.8, 4) is 0 Å². The number of hydrogen-bond donors (Lipinski definition) is 2. The van der Waals surface area contributed by atoms with Crippen LogP contribution in [-0.2, 0) is 4.79 Å². The number of halogens is 1. The Bertz CT molecular complexity index is 586. The molecule has 0 saturated heterocycles. The number of hydrogen-bond acceptors (Lipinski definition) is 4. The van der Waals surface area contributed by atoms with E-state index in [1.54, 1.807) is 29.0 Å². The summed E-state index contributed by atoms with van der Waals surface area (Å²) in [6, 6.07) is 5.44. The van der Waals surface area contributed by atoms with Gasteiger partial charge in [-0.15, -0.1) is 11.3 Å². The van der Waals surface area contributed by atoms with Crippen LogP contribution in [0.5, 0.6) is 0 Å². The second-order valence-electron chi connectivity index (χ2n) is 4.38. The summed E-state index contributed by atoms with van der Waals surface area (Å²) >= 11 is 7.74. The maximum absolute atomic E-state index is 11.4. The van der Waals surface area contributed by atoms with Crippen molar-refractivity contribution in [3.05, 3.63) is 39.8 Å². The fourth-order valence-electron chi connectivity index (χ4n) is 1.71. The zero-order valence-electron chi connectivity index (χ0n) is 11.3. The topological polar surface area (TPSA) is 54.0 Å². The van der Waals surface area contributed by atoms with Gasteiger partial charge in [0.25, 0.3) is 0 Å². The lowest BCUT2D eigenvalue weighted by Gasteiger charge is -2.15. The van der Waals surface area contributed by atoms with E-state index in [0.29, 0.717) is 11.4 Å². The van der Waals surface area contributed by atoms with Crippen LogP contribution in [0.3, 0.4) is 0 Å². The second kappa shape index (κ2) is 6.72. The lowest BCUT2D eigenvalue weighted by atomic mass is 10.2. The van der Waals surface area contributed by atoms with Gasteiger partial charge in [0.05, 0.1) is 28.0 Å². The van der Waals surface area contributed by atoms with Gasteiger partial charge in [0, 0.05) is 17.5 Å².